The quantitative estimate of drug-likeness (QED) is 0.747. The summed E-state index contributed by atoms with van der Waals surface area (Å²) in [6, 6.07) is 11.4. The molecule has 24 heavy (non-hydrogen) atoms. The lowest BCUT2D eigenvalue weighted by molar-refractivity contribution is 0.175. The van der Waals surface area contributed by atoms with Gasteiger partial charge in [0.25, 0.3) is 0 Å². The summed E-state index contributed by atoms with van der Waals surface area (Å²) in [5, 5.41) is 15.9. The van der Waals surface area contributed by atoms with E-state index in [4.69, 9.17) is 21.1 Å². The van der Waals surface area contributed by atoms with Crippen molar-refractivity contribution in [2.45, 2.75) is 6.10 Å². The van der Waals surface area contributed by atoms with Crippen LogP contribution in [-0.2, 0) is 0 Å². The summed E-state index contributed by atoms with van der Waals surface area (Å²) in [7, 11) is 3.05. The van der Waals surface area contributed by atoms with Crippen molar-refractivity contribution in [2.75, 3.05) is 26.1 Å². The Balaban J connectivity index is 1.91. The Kier molecular flexibility index (Phi) is 6.28. The average molecular weight is 351 g/mol. The summed E-state index contributed by atoms with van der Waals surface area (Å²) in [5.74, 6) is 1.08. The van der Waals surface area contributed by atoms with Crippen molar-refractivity contribution in [3.8, 4) is 11.5 Å². The van der Waals surface area contributed by atoms with Gasteiger partial charge in [-0.3, -0.25) is 0 Å². The molecule has 3 N–H and O–H groups in total. The normalized spacial score (nSPS) is 11.5. The van der Waals surface area contributed by atoms with Crippen molar-refractivity contribution in [1.29, 1.82) is 0 Å². The first-order chi connectivity index (χ1) is 11.5. The van der Waals surface area contributed by atoms with Crippen molar-refractivity contribution < 1.29 is 19.4 Å². The Hall–Kier alpha value is -2.44. The van der Waals surface area contributed by atoms with Crippen LogP contribution in [0.25, 0.3) is 0 Å². The molecule has 0 spiro atoms. The molecule has 1 atom stereocenters. The van der Waals surface area contributed by atoms with Gasteiger partial charge in [0.1, 0.15) is 0 Å². The van der Waals surface area contributed by atoms with Gasteiger partial charge >= 0.3 is 6.03 Å². The molecule has 2 rings (SSSR count). The number of anilines is 1. The van der Waals surface area contributed by atoms with Gasteiger partial charge in [0.05, 0.1) is 20.3 Å². The number of benzene rings is 2. The van der Waals surface area contributed by atoms with E-state index < -0.39 is 12.1 Å². The number of halogens is 1. The topological polar surface area (TPSA) is 79.8 Å². The van der Waals surface area contributed by atoms with Crippen LogP contribution < -0.4 is 20.1 Å². The van der Waals surface area contributed by atoms with E-state index in [0.29, 0.717) is 27.8 Å². The predicted octanol–water partition coefficient (Wildman–Crippen LogP) is 3.21. The molecular formula is C17H19ClN2O4. The number of carbonyl (C=O) groups is 1. The zero-order valence-corrected chi connectivity index (χ0v) is 14.1. The van der Waals surface area contributed by atoms with Crippen LogP contribution >= 0.6 is 11.6 Å². The lowest BCUT2D eigenvalue weighted by atomic mass is 10.1. The van der Waals surface area contributed by atoms with E-state index in [1.807, 2.05) is 0 Å². The van der Waals surface area contributed by atoms with Gasteiger partial charge in [-0.25, -0.2) is 4.79 Å². The van der Waals surface area contributed by atoms with Crippen LogP contribution in [0.4, 0.5) is 10.5 Å². The van der Waals surface area contributed by atoms with Crippen LogP contribution in [0.5, 0.6) is 11.5 Å². The molecule has 0 fully saturated rings. The second-order valence-electron chi connectivity index (χ2n) is 4.98. The monoisotopic (exact) mass is 350 g/mol. The van der Waals surface area contributed by atoms with E-state index in [1.165, 1.54) is 14.2 Å². The van der Waals surface area contributed by atoms with Gasteiger partial charge in [-0.2, -0.15) is 0 Å². The smallest absolute Gasteiger partial charge is 0.319 e. The third-order valence-corrected chi connectivity index (χ3v) is 3.57. The van der Waals surface area contributed by atoms with Crippen molar-refractivity contribution in [3.05, 3.63) is 53.1 Å². The number of methoxy groups -OCH3 is 2. The number of aliphatic hydroxyl groups is 1. The summed E-state index contributed by atoms with van der Waals surface area (Å²) in [6.07, 6.45) is -0.847. The molecule has 0 saturated heterocycles. The maximum atomic E-state index is 11.9. The highest BCUT2D eigenvalue weighted by atomic mass is 35.5. The Morgan fingerprint density at radius 2 is 1.92 bits per heavy atom. The zero-order valence-electron chi connectivity index (χ0n) is 13.4. The molecule has 0 aromatic heterocycles. The minimum atomic E-state index is -0.847. The minimum Gasteiger partial charge on any atom is -0.493 e. The van der Waals surface area contributed by atoms with Crippen LogP contribution in [0.2, 0.25) is 5.02 Å². The molecule has 0 saturated carbocycles. The highest BCUT2D eigenvalue weighted by molar-refractivity contribution is 6.30. The first-order valence-corrected chi connectivity index (χ1v) is 7.61. The van der Waals surface area contributed by atoms with Crippen molar-refractivity contribution in [1.82, 2.24) is 5.32 Å². The second kappa shape index (κ2) is 8.42. The first kappa shape index (κ1) is 17.9. The molecule has 0 aliphatic carbocycles. The molecule has 0 bridgehead atoms. The average Bonchev–Trinajstić information content (AvgIpc) is 2.59. The Labute approximate surface area is 145 Å². The van der Waals surface area contributed by atoms with Crippen molar-refractivity contribution >= 4 is 23.3 Å². The van der Waals surface area contributed by atoms with Gasteiger partial charge in [-0.1, -0.05) is 23.7 Å². The molecule has 128 valence electrons. The van der Waals surface area contributed by atoms with Crippen LogP contribution in [0.1, 0.15) is 11.7 Å². The van der Waals surface area contributed by atoms with E-state index in [2.05, 4.69) is 10.6 Å². The van der Waals surface area contributed by atoms with Crippen LogP contribution in [0.15, 0.2) is 42.5 Å². The second-order valence-corrected chi connectivity index (χ2v) is 5.41. The maximum Gasteiger partial charge on any atom is 0.319 e. The fraction of sp³-hybridized carbons (Fsp3) is 0.235. The Morgan fingerprint density at radius 1 is 1.17 bits per heavy atom. The molecule has 0 aliphatic heterocycles. The van der Waals surface area contributed by atoms with Gasteiger partial charge in [0.2, 0.25) is 0 Å². The molecule has 0 radical (unpaired) electrons. The summed E-state index contributed by atoms with van der Waals surface area (Å²) in [4.78, 5) is 11.9. The number of hydrogen-bond donors (Lipinski definition) is 3. The highest BCUT2D eigenvalue weighted by Crippen LogP contribution is 2.29. The summed E-state index contributed by atoms with van der Waals surface area (Å²) < 4.78 is 10.3. The van der Waals surface area contributed by atoms with Crippen LogP contribution in [0, 0.1) is 0 Å². The van der Waals surface area contributed by atoms with Gasteiger partial charge < -0.3 is 25.2 Å². The number of hydrogen-bond acceptors (Lipinski definition) is 4. The first-order valence-electron chi connectivity index (χ1n) is 7.24. The Morgan fingerprint density at radius 3 is 2.58 bits per heavy atom. The molecule has 7 heteroatoms. The minimum absolute atomic E-state index is 0.0550. The molecule has 6 nitrogen and oxygen atoms in total. The van der Waals surface area contributed by atoms with E-state index in [9.17, 15) is 9.90 Å². The lowest BCUT2D eigenvalue weighted by Crippen LogP contribution is -2.32. The zero-order chi connectivity index (χ0) is 17.5. The van der Waals surface area contributed by atoms with E-state index in [0.717, 1.165) is 0 Å². The number of rotatable bonds is 6. The largest absolute Gasteiger partial charge is 0.493 e. The number of urea groups is 1. The molecule has 0 heterocycles. The van der Waals surface area contributed by atoms with Crippen molar-refractivity contribution in [3.63, 3.8) is 0 Å². The molecule has 0 aliphatic rings. The molecule has 2 aromatic rings. The number of nitrogens with one attached hydrogen (secondary N) is 2. The van der Waals surface area contributed by atoms with Gasteiger partial charge in [-0.15, -0.1) is 0 Å². The fourth-order valence-electron chi connectivity index (χ4n) is 2.11. The molecule has 2 amide bonds. The van der Waals surface area contributed by atoms with Crippen LogP contribution in [0.3, 0.4) is 0 Å². The third-order valence-electron chi connectivity index (χ3n) is 3.33. The van der Waals surface area contributed by atoms with Crippen LogP contribution in [-0.4, -0.2) is 31.9 Å². The third kappa shape index (κ3) is 4.78. The lowest BCUT2D eigenvalue weighted by Gasteiger charge is -2.14. The van der Waals surface area contributed by atoms with Crippen molar-refractivity contribution in [2.24, 2.45) is 0 Å². The molecule has 2 aromatic carbocycles. The van der Waals surface area contributed by atoms with E-state index >= 15 is 0 Å². The van der Waals surface area contributed by atoms with Gasteiger partial charge in [0.15, 0.2) is 11.5 Å². The Bertz CT molecular complexity index is 709. The SMILES string of the molecule is COc1ccc(NC(=O)NC[C@H](O)c2cccc(Cl)c2)cc1OC. The fourth-order valence-corrected chi connectivity index (χ4v) is 2.31. The molecular weight excluding hydrogens is 332 g/mol. The number of amides is 2. The number of ether oxygens (including phenoxy) is 2. The maximum absolute atomic E-state index is 11.9. The standard InChI is InChI=1S/C17H19ClN2O4/c1-23-15-7-6-13(9-16(15)24-2)20-17(22)19-10-14(21)11-4-3-5-12(18)8-11/h3-9,14,21H,10H2,1-2H3,(H2,19,20,22)/t14-/m0/s1. The number of aliphatic hydroxyl groups excluding tert-OH is 1. The molecule has 0 unspecified atom stereocenters. The van der Waals surface area contributed by atoms with E-state index in [1.54, 1.807) is 42.5 Å². The van der Waals surface area contributed by atoms with Gasteiger partial charge in [0, 0.05) is 23.3 Å². The highest BCUT2D eigenvalue weighted by Gasteiger charge is 2.11. The summed E-state index contributed by atoms with van der Waals surface area (Å²) >= 11 is 5.88. The van der Waals surface area contributed by atoms with Gasteiger partial charge in [-0.05, 0) is 29.8 Å². The van der Waals surface area contributed by atoms with E-state index in [-0.39, 0.29) is 6.54 Å². The summed E-state index contributed by atoms with van der Waals surface area (Å²) in [5.41, 5.74) is 1.18. The number of carbonyl (C=O) groups excluding carboxylic acids is 1. The summed E-state index contributed by atoms with van der Waals surface area (Å²) in [6.45, 7) is 0.0550. The predicted molar refractivity (Wildman–Crippen MR) is 93.0 cm³/mol.